The highest BCUT2D eigenvalue weighted by molar-refractivity contribution is 9.10. The molecule has 0 aliphatic heterocycles. The highest BCUT2D eigenvalue weighted by Gasteiger charge is 2.09. The first kappa shape index (κ1) is 18.2. The average molecular weight is 362 g/mol. The zero-order valence-electron chi connectivity index (χ0n) is 12.9. The first-order valence-corrected chi connectivity index (χ1v) is 7.70. The van der Waals surface area contributed by atoms with Crippen molar-refractivity contribution in [3.05, 3.63) is 22.2 Å². The number of hydrogen-bond acceptors (Lipinski definition) is 5. The van der Waals surface area contributed by atoms with Crippen LogP contribution in [-0.4, -0.2) is 54.2 Å². The monoisotopic (exact) mass is 361 g/mol. The molecular weight excluding hydrogens is 338 g/mol. The van der Waals surface area contributed by atoms with Gasteiger partial charge in [0, 0.05) is 25.8 Å². The van der Waals surface area contributed by atoms with Gasteiger partial charge in [-0.15, -0.1) is 0 Å². The van der Waals surface area contributed by atoms with Crippen molar-refractivity contribution >= 4 is 15.9 Å². The molecule has 0 radical (unpaired) electrons. The summed E-state index contributed by atoms with van der Waals surface area (Å²) in [6.45, 7) is 3.71. The molecule has 1 N–H and O–H groups in total. The number of hydrogen-bond donors (Lipinski definition) is 1. The van der Waals surface area contributed by atoms with Crippen LogP contribution in [0.25, 0.3) is 0 Å². The molecule has 0 aliphatic carbocycles. The fourth-order valence-electron chi connectivity index (χ4n) is 1.85. The predicted molar refractivity (Wildman–Crippen MR) is 86.5 cm³/mol. The fraction of sp³-hybridized carbons (Fsp3) is 0.600. The zero-order valence-corrected chi connectivity index (χ0v) is 14.5. The van der Waals surface area contributed by atoms with Gasteiger partial charge in [-0.1, -0.05) is 0 Å². The second-order valence-electron chi connectivity index (χ2n) is 4.40. The van der Waals surface area contributed by atoms with Gasteiger partial charge in [-0.3, -0.25) is 0 Å². The van der Waals surface area contributed by atoms with Crippen LogP contribution in [0.15, 0.2) is 16.6 Å². The number of halogens is 1. The molecule has 0 unspecified atom stereocenters. The normalized spacial score (nSPS) is 10.7. The molecule has 0 fully saturated rings. The first-order chi connectivity index (χ1) is 10.2. The van der Waals surface area contributed by atoms with Crippen LogP contribution in [-0.2, 0) is 15.9 Å². The van der Waals surface area contributed by atoms with Crippen molar-refractivity contribution in [1.82, 2.24) is 5.32 Å². The van der Waals surface area contributed by atoms with E-state index in [9.17, 15) is 0 Å². The lowest BCUT2D eigenvalue weighted by Crippen LogP contribution is -2.23. The van der Waals surface area contributed by atoms with E-state index in [0.717, 1.165) is 47.7 Å². The summed E-state index contributed by atoms with van der Waals surface area (Å²) >= 11 is 3.45. The molecule has 0 bridgehead atoms. The molecule has 0 spiro atoms. The molecule has 0 heterocycles. The summed E-state index contributed by atoms with van der Waals surface area (Å²) < 4.78 is 22.1. The maximum absolute atomic E-state index is 5.61. The molecule has 1 rings (SSSR count). The van der Waals surface area contributed by atoms with E-state index < -0.39 is 0 Å². The van der Waals surface area contributed by atoms with Gasteiger partial charge in [0.1, 0.15) is 11.5 Å². The molecule has 0 saturated heterocycles. The quantitative estimate of drug-likeness (QED) is 0.612. The Morgan fingerprint density at radius 2 is 1.67 bits per heavy atom. The van der Waals surface area contributed by atoms with Crippen LogP contribution >= 0.6 is 15.9 Å². The van der Waals surface area contributed by atoms with Crippen molar-refractivity contribution in [1.29, 1.82) is 0 Å². The van der Waals surface area contributed by atoms with Crippen molar-refractivity contribution in [2.75, 3.05) is 54.2 Å². The van der Waals surface area contributed by atoms with Crippen molar-refractivity contribution in [2.24, 2.45) is 0 Å². The van der Waals surface area contributed by atoms with E-state index in [1.807, 2.05) is 12.1 Å². The van der Waals surface area contributed by atoms with Crippen LogP contribution < -0.4 is 14.8 Å². The third kappa shape index (κ3) is 6.65. The van der Waals surface area contributed by atoms with Crippen LogP contribution in [0, 0.1) is 0 Å². The molecule has 6 heteroatoms. The topological polar surface area (TPSA) is 49.0 Å². The second-order valence-corrected chi connectivity index (χ2v) is 5.26. The lowest BCUT2D eigenvalue weighted by molar-refractivity contribution is 0.135. The van der Waals surface area contributed by atoms with E-state index in [4.69, 9.17) is 18.9 Å². The number of rotatable bonds is 11. The Morgan fingerprint density at radius 1 is 0.952 bits per heavy atom. The van der Waals surface area contributed by atoms with Gasteiger partial charge in [-0.05, 0) is 34.5 Å². The van der Waals surface area contributed by atoms with E-state index >= 15 is 0 Å². The van der Waals surface area contributed by atoms with Crippen LogP contribution in [0.2, 0.25) is 0 Å². The number of ether oxygens (including phenoxy) is 4. The minimum absolute atomic E-state index is 0.646. The maximum atomic E-state index is 5.61. The smallest absolute Gasteiger partial charge is 0.133 e. The molecule has 21 heavy (non-hydrogen) atoms. The Balaban J connectivity index is 2.34. The third-order valence-corrected chi connectivity index (χ3v) is 3.60. The average Bonchev–Trinajstić information content (AvgIpc) is 2.50. The summed E-state index contributed by atoms with van der Waals surface area (Å²) in [6, 6.07) is 3.89. The Labute approximate surface area is 135 Å². The maximum Gasteiger partial charge on any atom is 0.133 e. The Bertz CT molecular complexity index is 415. The number of nitrogens with one attached hydrogen (secondary N) is 1. The lowest BCUT2D eigenvalue weighted by atomic mass is 10.1. The highest BCUT2D eigenvalue weighted by atomic mass is 79.9. The summed E-state index contributed by atoms with van der Waals surface area (Å²) in [4.78, 5) is 0. The molecule has 1 aromatic carbocycles. The third-order valence-electron chi connectivity index (χ3n) is 2.98. The van der Waals surface area contributed by atoms with E-state index in [-0.39, 0.29) is 0 Å². The summed E-state index contributed by atoms with van der Waals surface area (Å²) in [7, 11) is 5.01. The fourth-order valence-corrected chi connectivity index (χ4v) is 2.33. The summed E-state index contributed by atoms with van der Waals surface area (Å²) in [5, 5.41) is 3.23. The Kier molecular flexibility index (Phi) is 9.41. The van der Waals surface area contributed by atoms with Gasteiger partial charge in [0.15, 0.2) is 0 Å². The first-order valence-electron chi connectivity index (χ1n) is 6.90. The van der Waals surface area contributed by atoms with Crippen molar-refractivity contribution < 1.29 is 18.9 Å². The van der Waals surface area contributed by atoms with Gasteiger partial charge >= 0.3 is 0 Å². The van der Waals surface area contributed by atoms with Crippen LogP contribution in [0.4, 0.5) is 0 Å². The largest absolute Gasteiger partial charge is 0.496 e. The zero-order chi connectivity index (χ0) is 15.5. The molecule has 120 valence electrons. The van der Waals surface area contributed by atoms with Gasteiger partial charge in [0.2, 0.25) is 0 Å². The Morgan fingerprint density at radius 3 is 2.33 bits per heavy atom. The summed E-state index contributed by atoms with van der Waals surface area (Å²) in [6.07, 6.45) is 0.783. The van der Waals surface area contributed by atoms with E-state index in [1.54, 1.807) is 21.3 Å². The predicted octanol–water partition coefficient (Wildman–Crippen LogP) is 2.26. The highest BCUT2D eigenvalue weighted by Crippen LogP contribution is 2.32. The second kappa shape index (κ2) is 10.8. The molecule has 0 atom stereocenters. The van der Waals surface area contributed by atoms with Crippen LogP contribution in [0.1, 0.15) is 5.56 Å². The molecule has 0 saturated carbocycles. The number of methoxy groups -OCH3 is 3. The summed E-state index contributed by atoms with van der Waals surface area (Å²) in [5.41, 5.74) is 1.07. The molecule has 5 nitrogen and oxygen atoms in total. The molecule has 0 aromatic heterocycles. The SMILES string of the molecule is COCCNCCOCCc1cc(OC)c(Br)cc1OC. The van der Waals surface area contributed by atoms with Crippen LogP contribution in [0.3, 0.4) is 0 Å². The molecule has 0 aliphatic rings. The van der Waals surface area contributed by atoms with Gasteiger partial charge in [0.25, 0.3) is 0 Å². The Hall–Kier alpha value is -0.820. The van der Waals surface area contributed by atoms with Gasteiger partial charge in [-0.25, -0.2) is 0 Å². The van der Waals surface area contributed by atoms with Crippen molar-refractivity contribution in [3.8, 4) is 11.5 Å². The van der Waals surface area contributed by atoms with E-state index in [1.165, 1.54) is 0 Å². The van der Waals surface area contributed by atoms with Crippen LogP contribution in [0.5, 0.6) is 11.5 Å². The van der Waals surface area contributed by atoms with E-state index in [2.05, 4.69) is 21.2 Å². The minimum Gasteiger partial charge on any atom is -0.496 e. The molecule has 1 aromatic rings. The van der Waals surface area contributed by atoms with Crippen molar-refractivity contribution in [2.45, 2.75) is 6.42 Å². The number of benzene rings is 1. The van der Waals surface area contributed by atoms with Gasteiger partial charge in [0.05, 0.1) is 38.5 Å². The minimum atomic E-state index is 0.646. The van der Waals surface area contributed by atoms with Crippen molar-refractivity contribution in [3.63, 3.8) is 0 Å². The van der Waals surface area contributed by atoms with E-state index in [0.29, 0.717) is 13.2 Å². The molecule has 0 amide bonds. The summed E-state index contributed by atoms with van der Waals surface area (Å²) in [5.74, 6) is 1.64. The molecular formula is C15H24BrNO4. The van der Waals surface area contributed by atoms with Gasteiger partial charge in [-0.2, -0.15) is 0 Å². The lowest BCUT2D eigenvalue weighted by Gasteiger charge is -2.12. The van der Waals surface area contributed by atoms with Gasteiger partial charge < -0.3 is 24.3 Å². The standard InChI is InChI=1S/C15H24BrNO4/c1-18-8-5-17-6-9-21-7-4-12-10-15(20-3)13(16)11-14(12)19-2/h10-11,17H,4-9H2,1-3H3.